The van der Waals surface area contributed by atoms with Crippen LogP contribution in [0.2, 0.25) is 0 Å². The molecule has 0 heterocycles. The quantitative estimate of drug-likeness (QED) is 0.372. The number of aliphatic hydroxyl groups excluding tert-OH is 1. The van der Waals surface area contributed by atoms with Gasteiger partial charge in [-0.05, 0) is 25.2 Å². The second kappa shape index (κ2) is 13.8. The maximum Gasteiger partial charge on any atom is 0.0465 e. The van der Waals surface area contributed by atoms with E-state index in [2.05, 4.69) is 26.0 Å². The van der Waals surface area contributed by atoms with Crippen LogP contribution in [0, 0.1) is 5.92 Å². The molecule has 1 atom stereocenters. The van der Waals surface area contributed by atoms with Crippen molar-refractivity contribution in [1.82, 2.24) is 0 Å². The molecule has 0 amide bonds. The Hall–Kier alpha value is -0.300. The summed E-state index contributed by atoms with van der Waals surface area (Å²) in [6.07, 6.45) is 17.5. The van der Waals surface area contributed by atoms with Gasteiger partial charge in [-0.25, -0.2) is 0 Å². The molecule has 1 N–H and O–H groups in total. The fourth-order valence-electron chi connectivity index (χ4n) is 2.19. The van der Waals surface area contributed by atoms with Crippen LogP contribution >= 0.6 is 0 Å². The Morgan fingerprint density at radius 2 is 1.47 bits per heavy atom. The first-order valence-corrected chi connectivity index (χ1v) is 7.62. The van der Waals surface area contributed by atoms with Gasteiger partial charge >= 0.3 is 0 Å². The SMILES string of the molecule is CCCCCCC(/C=C/CCO)CCCCC. The zero-order chi connectivity index (χ0) is 12.8. The van der Waals surface area contributed by atoms with Crippen molar-refractivity contribution in [3.63, 3.8) is 0 Å². The Morgan fingerprint density at radius 3 is 2.06 bits per heavy atom. The zero-order valence-electron chi connectivity index (χ0n) is 12.0. The maximum atomic E-state index is 8.79. The van der Waals surface area contributed by atoms with Crippen LogP contribution in [0.5, 0.6) is 0 Å². The summed E-state index contributed by atoms with van der Waals surface area (Å²) < 4.78 is 0. The Balaban J connectivity index is 3.75. The molecule has 0 aromatic carbocycles. The van der Waals surface area contributed by atoms with Crippen LogP contribution in [0.4, 0.5) is 0 Å². The molecular weight excluding hydrogens is 208 g/mol. The molecule has 0 aromatic rings. The minimum Gasteiger partial charge on any atom is -0.396 e. The molecule has 102 valence electrons. The van der Waals surface area contributed by atoms with Crippen LogP contribution in [-0.4, -0.2) is 11.7 Å². The van der Waals surface area contributed by atoms with E-state index in [1.807, 2.05) is 0 Å². The molecule has 1 heteroatoms. The third kappa shape index (κ3) is 12.0. The van der Waals surface area contributed by atoms with Gasteiger partial charge in [-0.3, -0.25) is 0 Å². The van der Waals surface area contributed by atoms with E-state index < -0.39 is 0 Å². The third-order valence-corrected chi connectivity index (χ3v) is 3.31. The molecule has 1 nitrogen and oxygen atoms in total. The number of aliphatic hydroxyl groups is 1. The van der Waals surface area contributed by atoms with E-state index in [-0.39, 0.29) is 6.61 Å². The van der Waals surface area contributed by atoms with E-state index in [0.717, 1.165) is 12.3 Å². The summed E-state index contributed by atoms with van der Waals surface area (Å²) in [6, 6.07) is 0. The molecule has 0 radical (unpaired) electrons. The Labute approximate surface area is 108 Å². The van der Waals surface area contributed by atoms with Crippen LogP contribution < -0.4 is 0 Å². The molecule has 0 aliphatic rings. The van der Waals surface area contributed by atoms with Crippen LogP contribution in [0.1, 0.15) is 78.1 Å². The van der Waals surface area contributed by atoms with Gasteiger partial charge < -0.3 is 5.11 Å². The number of hydrogen-bond acceptors (Lipinski definition) is 1. The van der Waals surface area contributed by atoms with Crippen molar-refractivity contribution < 1.29 is 5.11 Å². The smallest absolute Gasteiger partial charge is 0.0465 e. The molecule has 0 saturated carbocycles. The van der Waals surface area contributed by atoms with Gasteiger partial charge in [-0.1, -0.05) is 70.9 Å². The molecule has 0 rings (SSSR count). The summed E-state index contributed by atoms with van der Waals surface area (Å²) in [5.41, 5.74) is 0. The standard InChI is InChI=1S/C16H32O/c1-3-5-7-9-13-16(12-8-6-4-2)14-10-11-15-17/h10,14,16-17H,3-9,11-13,15H2,1-2H3/b14-10+. The van der Waals surface area contributed by atoms with Crippen molar-refractivity contribution >= 4 is 0 Å². The second-order valence-corrected chi connectivity index (χ2v) is 5.05. The molecule has 0 spiro atoms. The topological polar surface area (TPSA) is 20.2 Å². The first-order valence-electron chi connectivity index (χ1n) is 7.62. The first-order chi connectivity index (χ1) is 8.35. The fourth-order valence-corrected chi connectivity index (χ4v) is 2.19. The van der Waals surface area contributed by atoms with Gasteiger partial charge in [0, 0.05) is 6.61 Å². The summed E-state index contributed by atoms with van der Waals surface area (Å²) in [5, 5.41) is 8.79. The van der Waals surface area contributed by atoms with Gasteiger partial charge in [0.15, 0.2) is 0 Å². The summed E-state index contributed by atoms with van der Waals surface area (Å²) in [4.78, 5) is 0. The fraction of sp³-hybridized carbons (Fsp3) is 0.875. The van der Waals surface area contributed by atoms with Gasteiger partial charge in [-0.2, -0.15) is 0 Å². The van der Waals surface area contributed by atoms with E-state index in [0.29, 0.717) is 0 Å². The van der Waals surface area contributed by atoms with Gasteiger partial charge in [-0.15, -0.1) is 0 Å². The molecular formula is C16H32O. The molecule has 0 aromatic heterocycles. The third-order valence-electron chi connectivity index (χ3n) is 3.31. The van der Waals surface area contributed by atoms with Gasteiger partial charge in [0.2, 0.25) is 0 Å². The van der Waals surface area contributed by atoms with Crippen molar-refractivity contribution in [1.29, 1.82) is 0 Å². The van der Waals surface area contributed by atoms with Crippen LogP contribution in [-0.2, 0) is 0 Å². The number of allylic oxidation sites excluding steroid dienone is 1. The van der Waals surface area contributed by atoms with E-state index in [4.69, 9.17) is 5.11 Å². The van der Waals surface area contributed by atoms with Crippen molar-refractivity contribution in [2.45, 2.75) is 78.1 Å². The predicted octanol–water partition coefficient (Wildman–Crippen LogP) is 5.09. The highest BCUT2D eigenvalue weighted by atomic mass is 16.2. The van der Waals surface area contributed by atoms with Gasteiger partial charge in [0.1, 0.15) is 0 Å². The summed E-state index contributed by atoms with van der Waals surface area (Å²) in [7, 11) is 0. The molecule has 1 unspecified atom stereocenters. The number of rotatable bonds is 12. The van der Waals surface area contributed by atoms with Crippen LogP contribution in [0.3, 0.4) is 0 Å². The van der Waals surface area contributed by atoms with Crippen LogP contribution in [0.25, 0.3) is 0 Å². The second-order valence-electron chi connectivity index (χ2n) is 5.05. The van der Waals surface area contributed by atoms with E-state index in [1.54, 1.807) is 0 Å². The lowest BCUT2D eigenvalue weighted by Crippen LogP contribution is -1.97. The summed E-state index contributed by atoms with van der Waals surface area (Å²) >= 11 is 0. The number of hydrogen-bond donors (Lipinski definition) is 1. The average Bonchev–Trinajstić information content (AvgIpc) is 2.34. The largest absolute Gasteiger partial charge is 0.396 e. The molecule has 0 saturated heterocycles. The summed E-state index contributed by atoms with van der Waals surface area (Å²) in [6.45, 7) is 4.81. The van der Waals surface area contributed by atoms with Crippen molar-refractivity contribution in [2.75, 3.05) is 6.61 Å². The predicted molar refractivity (Wildman–Crippen MR) is 77.2 cm³/mol. The van der Waals surface area contributed by atoms with Crippen molar-refractivity contribution in [3.8, 4) is 0 Å². The Morgan fingerprint density at radius 1 is 0.882 bits per heavy atom. The highest BCUT2D eigenvalue weighted by molar-refractivity contribution is 4.88. The normalized spacial score (nSPS) is 13.4. The van der Waals surface area contributed by atoms with E-state index in [1.165, 1.54) is 57.8 Å². The first kappa shape index (κ1) is 16.7. The molecule has 0 aliphatic heterocycles. The highest BCUT2D eigenvalue weighted by Crippen LogP contribution is 2.19. The lowest BCUT2D eigenvalue weighted by Gasteiger charge is -2.12. The minimum atomic E-state index is 0.286. The van der Waals surface area contributed by atoms with Crippen molar-refractivity contribution in [2.24, 2.45) is 5.92 Å². The van der Waals surface area contributed by atoms with Gasteiger partial charge in [0.05, 0.1) is 0 Å². The van der Waals surface area contributed by atoms with Crippen LogP contribution in [0.15, 0.2) is 12.2 Å². The molecule has 0 aliphatic carbocycles. The monoisotopic (exact) mass is 240 g/mol. The average molecular weight is 240 g/mol. The number of unbranched alkanes of at least 4 members (excludes halogenated alkanes) is 5. The van der Waals surface area contributed by atoms with E-state index in [9.17, 15) is 0 Å². The lowest BCUT2D eigenvalue weighted by molar-refractivity contribution is 0.302. The summed E-state index contributed by atoms with van der Waals surface area (Å²) in [5.74, 6) is 0.755. The Bertz CT molecular complexity index is 163. The maximum absolute atomic E-state index is 8.79. The van der Waals surface area contributed by atoms with Gasteiger partial charge in [0.25, 0.3) is 0 Å². The molecule has 0 fully saturated rings. The molecule has 17 heavy (non-hydrogen) atoms. The van der Waals surface area contributed by atoms with Crippen molar-refractivity contribution in [3.05, 3.63) is 12.2 Å². The zero-order valence-corrected chi connectivity index (χ0v) is 12.0. The Kier molecular flexibility index (Phi) is 13.5. The molecule has 0 bridgehead atoms. The lowest BCUT2D eigenvalue weighted by atomic mass is 9.94. The van der Waals surface area contributed by atoms with E-state index >= 15 is 0 Å². The minimum absolute atomic E-state index is 0.286. The highest BCUT2D eigenvalue weighted by Gasteiger charge is 2.04.